The molecular weight excluding hydrogens is 186 g/mol. The van der Waals surface area contributed by atoms with Crippen LogP contribution in [-0.4, -0.2) is 43.1 Å². The number of aromatic amines is 1. The normalized spacial score (nSPS) is 9.85. The molecule has 72 valence electrons. The van der Waals surface area contributed by atoms with E-state index in [4.69, 9.17) is 12.2 Å². The van der Waals surface area contributed by atoms with Crippen molar-refractivity contribution in [3.8, 4) is 0 Å². The minimum Gasteiger partial charge on any atom is -0.348 e. The second-order valence-corrected chi connectivity index (χ2v) is 3.43. The zero-order valence-corrected chi connectivity index (χ0v) is 9.01. The molecule has 1 rings (SSSR count). The quantitative estimate of drug-likeness (QED) is 0.709. The smallest absolute Gasteiger partial charge is 0.225 e. The molecule has 0 amide bonds. The van der Waals surface area contributed by atoms with Crippen molar-refractivity contribution in [2.24, 2.45) is 0 Å². The van der Waals surface area contributed by atoms with Crippen molar-refractivity contribution in [2.45, 2.75) is 0 Å². The molecule has 1 N–H and O–H groups in total. The Hall–Kier alpha value is -1.17. The van der Waals surface area contributed by atoms with Crippen LogP contribution in [0.5, 0.6) is 0 Å². The third-order valence-electron chi connectivity index (χ3n) is 1.47. The highest BCUT2D eigenvalue weighted by atomic mass is 32.1. The molecule has 0 unspecified atom stereocenters. The highest BCUT2D eigenvalue weighted by Crippen LogP contribution is 2.07. The monoisotopic (exact) mass is 199 g/mol. The summed E-state index contributed by atoms with van der Waals surface area (Å²) in [7, 11) is 7.58. The molecule has 1 aromatic heterocycles. The van der Waals surface area contributed by atoms with Crippen molar-refractivity contribution in [2.75, 3.05) is 38.0 Å². The van der Waals surface area contributed by atoms with Crippen molar-refractivity contribution in [1.29, 1.82) is 0 Å². The number of rotatable bonds is 2. The third kappa shape index (κ3) is 2.38. The molecule has 0 atom stereocenters. The second-order valence-electron chi connectivity index (χ2n) is 3.07. The summed E-state index contributed by atoms with van der Waals surface area (Å²) in [6.07, 6.45) is 0. The van der Waals surface area contributed by atoms with E-state index in [9.17, 15) is 0 Å². The topological polar surface area (TPSA) is 48.1 Å². The van der Waals surface area contributed by atoms with Crippen LogP contribution in [-0.2, 0) is 0 Å². The summed E-state index contributed by atoms with van der Waals surface area (Å²) < 4.78 is 0.353. The molecular formula is C7H13N5S. The molecule has 0 saturated carbocycles. The van der Waals surface area contributed by atoms with Crippen molar-refractivity contribution in [1.82, 2.24) is 15.0 Å². The minimum atomic E-state index is 0.353. The standard InChI is InChI=1S/C7H13N5S/c1-11(2)5-8-6(12(3)4)10-7(13)9-5/h1-4H3,(H,8,9,10,13). The van der Waals surface area contributed by atoms with Gasteiger partial charge in [0.2, 0.25) is 16.7 Å². The molecule has 5 nitrogen and oxygen atoms in total. The summed E-state index contributed by atoms with van der Waals surface area (Å²) in [6, 6.07) is 0. The SMILES string of the molecule is CN(C)c1nc(=S)nc(N(C)C)[nH]1. The predicted octanol–water partition coefficient (Wildman–Crippen LogP) is 0.666. The fourth-order valence-corrected chi connectivity index (χ4v) is 0.959. The lowest BCUT2D eigenvalue weighted by Crippen LogP contribution is -2.18. The Balaban J connectivity index is 3.19. The summed E-state index contributed by atoms with van der Waals surface area (Å²) in [5.74, 6) is 1.42. The first-order chi connectivity index (χ1) is 6.00. The molecule has 13 heavy (non-hydrogen) atoms. The Morgan fingerprint density at radius 3 is 1.69 bits per heavy atom. The molecule has 0 spiro atoms. The van der Waals surface area contributed by atoms with E-state index in [2.05, 4.69) is 15.0 Å². The molecule has 0 aliphatic heterocycles. The molecule has 6 heteroatoms. The third-order valence-corrected chi connectivity index (χ3v) is 1.66. The van der Waals surface area contributed by atoms with Crippen LogP contribution in [0.4, 0.5) is 11.9 Å². The van der Waals surface area contributed by atoms with Gasteiger partial charge in [-0.25, -0.2) is 0 Å². The van der Waals surface area contributed by atoms with Crippen molar-refractivity contribution < 1.29 is 0 Å². The van der Waals surface area contributed by atoms with Gasteiger partial charge in [0.15, 0.2) is 0 Å². The Morgan fingerprint density at radius 1 is 1.00 bits per heavy atom. The van der Waals surface area contributed by atoms with Gasteiger partial charge in [0.1, 0.15) is 0 Å². The lowest BCUT2D eigenvalue weighted by molar-refractivity contribution is 0.904. The number of hydrogen-bond donors (Lipinski definition) is 1. The van der Waals surface area contributed by atoms with Crippen molar-refractivity contribution >= 4 is 24.1 Å². The number of aromatic nitrogens is 3. The Labute approximate surface area is 82.4 Å². The van der Waals surface area contributed by atoms with Gasteiger partial charge in [0.25, 0.3) is 0 Å². The molecule has 0 aliphatic rings. The Bertz CT molecular complexity index is 314. The van der Waals surface area contributed by atoms with Gasteiger partial charge < -0.3 is 9.80 Å². The van der Waals surface area contributed by atoms with Crippen molar-refractivity contribution in [3.63, 3.8) is 0 Å². The number of nitrogens with one attached hydrogen (secondary N) is 1. The first kappa shape index (κ1) is 9.91. The first-order valence-electron chi connectivity index (χ1n) is 3.83. The fraction of sp³-hybridized carbons (Fsp3) is 0.571. The molecule has 0 radical (unpaired) electrons. The van der Waals surface area contributed by atoms with Gasteiger partial charge in [-0.2, -0.15) is 9.97 Å². The van der Waals surface area contributed by atoms with Gasteiger partial charge >= 0.3 is 0 Å². The Morgan fingerprint density at radius 2 is 1.38 bits per heavy atom. The summed E-state index contributed by atoms with van der Waals surface area (Å²) in [5.41, 5.74) is 0. The lowest BCUT2D eigenvalue weighted by atomic mass is 10.7. The summed E-state index contributed by atoms with van der Waals surface area (Å²) in [6.45, 7) is 0. The van der Waals surface area contributed by atoms with E-state index in [1.165, 1.54) is 0 Å². The van der Waals surface area contributed by atoms with E-state index in [0.29, 0.717) is 16.7 Å². The molecule has 1 aromatic rings. The van der Waals surface area contributed by atoms with E-state index >= 15 is 0 Å². The first-order valence-corrected chi connectivity index (χ1v) is 4.24. The summed E-state index contributed by atoms with van der Waals surface area (Å²) in [4.78, 5) is 14.9. The van der Waals surface area contributed by atoms with Crippen LogP contribution >= 0.6 is 12.2 Å². The largest absolute Gasteiger partial charge is 0.348 e. The van der Waals surface area contributed by atoms with Crippen LogP contribution < -0.4 is 9.80 Å². The average Bonchev–Trinajstić information content (AvgIpc) is 2.03. The average molecular weight is 199 g/mol. The highest BCUT2D eigenvalue weighted by molar-refractivity contribution is 7.71. The number of H-pyrrole nitrogens is 1. The second kappa shape index (κ2) is 3.69. The maximum Gasteiger partial charge on any atom is 0.225 e. The summed E-state index contributed by atoms with van der Waals surface area (Å²) >= 11 is 4.93. The van der Waals surface area contributed by atoms with Crippen LogP contribution in [0.3, 0.4) is 0 Å². The van der Waals surface area contributed by atoms with Crippen LogP contribution in [0, 0.1) is 4.77 Å². The molecule has 0 saturated heterocycles. The molecule has 0 fully saturated rings. The van der Waals surface area contributed by atoms with Gasteiger partial charge in [-0.05, 0) is 12.2 Å². The number of anilines is 2. The minimum absolute atomic E-state index is 0.353. The molecule has 0 aromatic carbocycles. The van der Waals surface area contributed by atoms with Gasteiger partial charge in [0, 0.05) is 28.2 Å². The van der Waals surface area contributed by atoms with Crippen LogP contribution in [0.25, 0.3) is 0 Å². The van der Waals surface area contributed by atoms with Gasteiger partial charge in [-0.3, -0.25) is 4.98 Å². The molecule has 1 heterocycles. The van der Waals surface area contributed by atoms with Crippen LogP contribution in [0.2, 0.25) is 0 Å². The van der Waals surface area contributed by atoms with E-state index < -0.39 is 0 Å². The molecule has 0 bridgehead atoms. The molecule has 0 aliphatic carbocycles. The van der Waals surface area contributed by atoms with Crippen molar-refractivity contribution in [3.05, 3.63) is 4.77 Å². The number of hydrogen-bond acceptors (Lipinski definition) is 5. The predicted molar refractivity (Wildman–Crippen MR) is 55.9 cm³/mol. The van der Waals surface area contributed by atoms with Gasteiger partial charge in [-0.1, -0.05) is 0 Å². The zero-order valence-electron chi connectivity index (χ0n) is 8.20. The maximum atomic E-state index is 4.93. The fourth-order valence-electron chi connectivity index (χ4n) is 0.786. The van der Waals surface area contributed by atoms with Gasteiger partial charge in [-0.15, -0.1) is 0 Å². The van der Waals surface area contributed by atoms with E-state index in [-0.39, 0.29) is 0 Å². The number of nitrogens with zero attached hydrogens (tertiary/aromatic N) is 4. The van der Waals surface area contributed by atoms with Crippen LogP contribution in [0.15, 0.2) is 0 Å². The van der Waals surface area contributed by atoms with E-state index in [0.717, 1.165) is 0 Å². The van der Waals surface area contributed by atoms with E-state index in [1.807, 2.05) is 38.0 Å². The van der Waals surface area contributed by atoms with Crippen LogP contribution in [0.1, 0.15) is 0 Å². The lowest BCUT2D eigenvalue weighted by Gasteiger charge is -2.15. The zero-order chi connectivity index (χ0) is 10.0. The summed E-state index contributed by atoms with van der Waals surface area (Å²) in [5, 5.41) is 0. The maximum absolute atomic E-state index is 4.93. The van der Waals surface area contributed by atoms with Gasteiger partial charge in [0.05, 0.1) is 0 Å². The van der Waals surface area contributed by atoms with E-state index in [1.54, 1.807) is 0 Å². The Kier molecular flexibility index (Phi) is 2.82. The highest BCUT2D eigenvalue weighted by Gasteiger charge is 2.02.